The van der Waals surface area contributed by atoms with E-state index in [1.807, 2.05) is 13.8 Å². The van der Waals surface area contributed by atoms with Gasteiger partial charge in [0.1, 0.15) is 0 Å². The molecule has 17 heavy (non-hydrogen) atoms. The Kier molecular flexibility index (Phi) is 4.46. The number of benzene rings is 1. The van der Waals surface area contributed by atoms with Gasteiger partial charge >= 0.3 is 0 Å². The smallest absolute Gasteiger partial charge is 0.254 e. The van der Waals surface area contributed by atoms with E-state index in [0.717, 1.165) is 6.07 Å². The van der Waals surface area contributed by atoms with Gasteiger partial charge in [-0.1, -0.05) is 19.9 Å². The topological polar surface area (TPSA) is 29.1 Å². The van der Waals surface area contributed by atoms with Gasteiger partial charge in [0.25, 0.3) is 5.91 Å². The average molecular weight is 262 g/mol. The van der Waals surface area contributed by atoms with Crippen LogP contribution in [0.25, 0.3) is 0 Å². The predicted molar refractivity (Wildman–Crippen MR) is 63.2 cm³/mol. The molecule has 0 saturated carbocycles. The zero-order valence-electron chi connectivity index (χ0n) is 9.69. The van der Waals surface area contributed by atoms with Crippen LogP contribution in [0.4, 0.5) is 8.78 Å². The summed E-state index contributed by atoms with van der Waals surface area (Å²) in [4.78, 5) is 11.6. The molecule has 0 heterocycles. The van der Waals surface area contributed by atoms with Crippen LogP contribution in [0.1, 0.15) is 24.2 Å². The molecule has 0 saturated heterocycles. The Morgan fingerprint density at radius 3 is 2.65 bits per heavy atom. The molecule has 0 aromatic heterocycles. The van der Waals surface area contributed by atoms with Crippen LogP contribution in [-0.2, 0) is 0 Å². The van der Waals surface area contributed by atoms with Crippen LogP contribution < -0.4 is 5.32 Å². The monoisotopic (exact) mass is 261 g/mol. The summed E-state index contributed by atoms with van der Waals surface area (Å²) < 4.78 is 26.2. The largest absolute Gasteiger partial charge is 0.351 e. The SMILES string of the molecule is CC(C)(CCl)CNC(=O)c1cccc(F)c1F. The summed E-state index contributed by atoms with van der Waals surface area (Å²) in [7, 11) is 0. The fraction of sp³-hybridized carbons (Fsp3) is 0.417. The Labute approximate surface area is 104 Å². The number of nitrogens with one attached hydrogen (secondary N) is 1. The molecule has 5 heteroatoms. The van der Waals surface area contributed by atoms with Crippen molar-refractivity contribution in [2.24, 2.45) is 5.41 Å². The highest BCUT2D eigenvalue weighted by Gasteiger charge is 2.20. The first-order chi connectivity index (χ1) is 7.87. The van der Waals surface area contributed by atoms with E-state index in [-0.39, 0.29) is 11.0 Å². The number of amides is 1. The van der Waals surface area contributed by atoms with Gasteiger partial charge < -0.3 is 5.32 Å². The quantitative estimate of drug-likeness (QED) is 0.830. The highest BCUT2D eigenvalue weighted by Crippen LogP contribution is 2.16. The molecule has 0 aliphatic heterocycles. The summed E-state index contributed by atoms with van der Waals surface area (Å²) in [6.07, 6.45) is 0. The lowest BCUT2D eigenvalue weighted by molar-refractivity contribution is 0.0934. The van der Waals surface area contributed by atoms with Crippen LogP contribution in [0.2, 0.25) is 0 Å². The van der Waals surface area contributed by atoms with Crippen molar-refractivity contribution in [1.82, 2.24) is 5.32 Å². The maximum Gasteiger partial charge on any atom is 0.254 e. The number of hydrogen-bond donors (Lipinski definition) is 1. The number of carbonyl (C=O) groups excluding carboxylic acids is 1. The zero-order chi connectivity index (χ0) is 13.1. The van der Waals surface area contributed by atoms with Gasteiger partial charge in [-0.25, -0.2) is 8.78 Å². The Bertz CT molecular complexity index is 421. The summed E-state index contributed by atoms with van der Waals surface area (Å²) in [5.74, 6) is -2.44. The molecule has 0 aliphatic carbocycles. The van der Waals surface area contributed by atoms with Crippen LogP contribution in [0, 0.1) is 17.0 Å². The predicted octanol–water partition coefficient (Wildman–Crippen LogP) is 2.96. The third-order valence-corrected chi connectivity index (χ3v) is 3.01. The number of carbonyl (C=O) groups is 1. The first-order valence-corrected chi connectivity index (χ1v) is 5.69. The van der Waals surface area contributed by atoms with E-state index in [0.29, 0.717) is 12.4 Å². The van der Waals surface area contributed by atoms with Crippen molar-refractivity contribution >= 4 is 17.5 Å². The van der Waals surface area contributed by atoms with Crippen LogP contribution in [0.5, 0.6) is 0 Å². The van der Waals surface area contributed by atoms with Gasteiger partial charge in [-0.3, -0.25) is 4.79 Å². The Balaban J connectivity index is 2.74. The van der Waals surface area contributed by atoms with Gasteiger partial charge in [0.15, 0.2) is 11.6 Å². The Hall–Kier alpha value is -1.16. The maximum atomic E-state index is 13.3. The summed E-state index contributed by atoms with van der Waals surface area (Å²) >= 11 is 5.69. The molecule has 1 aromatic carbocycles. The van der Waals surface area contributed by atoms with Gasteiger partial charge in [-0.05, 0) is 17.5 Å². The lowest BCUT2D eigenvalue weighted by atomic mass is 9.96. The standard InChI is InChI=1S/C12H14ClF2NO/c1-12(2,6-13)7-16-11(17)8-4-3-5-9(14)10(8)15/h3-5H,6-7H2,1-2H3,(H,16,17). The third-order valence-electron chi connectivity index (χ3n) is 2.29. The number of hydrogen-bond acceptors (Lipinski definition) is 1. The van der Waals surface area contributed by atoms with Gasteiger partial charge in [-0.2, -0.15) is 0 Å². The molecule has 94 valence electrons. The van der Waals surface area contributed by atoms with Gasteiger partial charge in [-0.15, -0.1) is 11.6 Å². The second-order valence-corrected chi connectivity index (χ2v) is 4.85. The minimum Gasteiger partial charge on any atom is -0.351 e. The molecule has 0 atom stereocenters. The normalized spacial score (nSPS) is 11.4. The van der Waals surface area contributed by atoms with Crippen LogP contribution in [-0.4, -0.2) is 18.3 Å². The van der Waals surface area contributed by atoms with E-state index >= 15 is 0 Å². The van der Waals surface area contributed by atoms with Crippen molar-refractivity contribution < 1.29 is 13.6 Å². The van der Waals surface area contributed by atoms with Gasteiger partial charge in [0, 0.05) is 12.4 Å². The molecular weight excluding hydrogens is 248 g/mol. The molecule has 0 spiro atoms. The van der Waals surface area contributed by atoms with Crippen LogP contribution in [0.15, 0.2) is 18.2 Å². The maximum absolute atomic E-state index is 13.3. The van der Waals surface area contributed by atoms with Crippen molar-refractivity contribution in [1.29, 1.82) is 0 Å². The van der Waals surface area contributed by atoms with Crippen LogP contribution in [0.3, 0.4) is 0 Å². The van der Waals surface area contributed by atoms with Crippen molar-refractivity contribution in [2.75, 3.05) is 12.4 Å². The third kappa shape index (κ3) is 3.66. The lowest BCUT2D eigenvalue weighted by Crippen LogP contribution is -2.35. The molecule has 2 nitrogen and oxygen atoms in total. The van der Waals surface area contributed by atoms with E-state index in [2.05, 4.69) is 5.32 Å². The average Bonchev–Trinajstić information content (AvgIpc) is 2.30. The second-order valence-electron chi connectivity index (χ2n) is 4.58. The molecule has 0 unspecified atom stereocenters. The van der Waals surface area contributed by atoms with E-state index in [1.165, 1.54) is 12.1 Å². The highest BCUT2D eigenvalue weighted by atomic mass is 35.5. The van der Waals surface area contributed by atoms with E-state index < -0.39 is 17.5 Å². The van der Waals surface area contributed by atoms with Gasteiger partial charge in [0.2, 0.25) is 0 Å². The molecule has 0 aliphatic rings. The van der Waals surface area contributed by atoms with Crippen molar-refractivity contribution in [3.8, 4) is 0 Å². The molecule has 0 bridgehead atoms. The molecule has 1 amide bonds. The van der Waals surface area contributed by atoms with Crippen molar-refractivity contribution in [3.63, 3.8) is 0 Å². The van der Waals surface area contributed by atoms with Crippen molar-refractivity contribution in [3.05, 3.63) is 35.4 Å². The molecule has 1 aromatic rings. The first-order valence-electron chi connectivity index (χ1n) is 5.15. The number of halogens is 3. The fourth-order valence-corrected chi connectivity index (χ4v) is 1.24. The molecular formula is C12H14ClF2NO. The van der Waals surface area contributed by atoms with Crippen LogP contribution >= 0.6 is 11.6 Å². The Morgan fingerprint density at radius 2 is 2.06 bits per heavy atom. The number of rotatable bonds is 4. The fourth-order valence-electron chi connectivity index (χ4n) is 1.14. The zero-order valence-corrected chi connectivity index (χ0v) is 10.4. The summed E-state index contributed by atoms with van der Waals surface area (Å²) in [6, 6.07) is 3.50. The second kappa shape index (κ2) is 5.45. The highest BCUT2D eigenvalue weighted by molar-refractivity contribution is 6.18. The Morgan fingerprint density at radius 1 is 1.41 bits per heavy atom. The minimum absolute atomic E-state index is 0.291. The number of alkyl halides is 1. The minimum atomic E-state index is -1.13. The van der Waals surface area contributed by atoms with E-state index in [4.69, 9.17) is 11.6 Å². The van der Waals surface area contributed by atoms with Crippen molar-refractivity contribution in [2.45, 2.75) is 13.8 Å². The van der Waals surface area contributed by atoms with Gasteiger partial charge in [0.05, 0.1) is 5.56 Å². The first kappa shape index (κ1) is 13.9. The van der Waals surface area contributed by atoms with E-state index in [1.54, 1.807) is 0 Å². The summed E-state index contributed by atoms with van der Waals surface area (Å²) in [6.45, 7) is 4.02. The molecule has 0 fully saturated rings. The van der Waals surface area contributed by atoms with E-state index in [9.17, 15) is 13.6 Å². The summed E-state index contributed by atoms with van der Waals surface area (Å²) in [5, 5.41) is 2.53. The molecule has 0 radical (unpaired) electrons. The molecule has 1 N–H and O–H groups in total. The summed E-state index contributed by atoms with van der Waals surface area (Å²) in [5.41, 5.74) is -0.587. The molecule has 1 rings (SSSR count). The lowest BCUT2D eigenvalue weighted by Gasteiger charge is -2.21.